The zero-order chi connectivity index (χ0) is 15.2. The highest BCUT2D eigenvalue weighted by molar-refractivity contribution is 6.04. The summed E-state index contributed by atoms with van der Waals surface area (Å²) in [6.07, 6.45) is 1.94. The third-order valence-corrected chi connectivity index (χ3v) is 4.27. The van der Waals surface area contributed by atoms with Crippen molar-refractivity contribution in [2.24, 2.45) is 5.92 Å². The van der Waals surface area contributed by atoms with E-state index in [0.717, 1.165) is 12.8 Å². The highest BCUT2D eigenvalue weighted by Gasteiger charge is 2.51. The van der Waals surface area contributed by atoms with E-state index in [4.69, 9.17) is 0 Å². The Morgan fingerprint density at radius 1 is 1.52 bits per heavy atom. The second-order valence-electron chi connectivity index (χ2n) is 5.81. The zero-order valence-electron chi connectivity index (χ0n) is 11.7. The number of nitro benzene ring substituents is 1. The lowest BCUT2D eigenvalue weighted by Crippen LogP contribution is -2.54. The van der Waals surface area contributed by atoms with E-state index in [2.05, 4.69) is 12.2 Å². The number of nitrogens with one attached hydrogen (secondary N) is 1. The van der Waals surface area contributed by atoms with Crippen molar-refractivity contribution in [3.8, 4) is 0 Å². The van der Waals surface area contributed by atoms with Crippen LogP contribution >= 0.6 is 0 Å². The van der Waals surface area contributed by atoms with Gasteiger partial charge >= 0.3 is 0 Å². The van der Waals surface area contributed by atoms with Crippen molar-refractivity contribution < 1.29 is 14.8 Å². The molecule has 1 aromatic rings. The average molecular weight is 291 g/mol. The van der Waals surface area contributed by atoms with Crippen LogP contribution in [0.4, 0.5) is 11.4 Å². The number of hydrogen-bond donors (Lipinski definition) is 2. The van der Waals surface area contributed by atoms with E-state index in [1.165, 1.54) is 18.2 Å². The summed E-state index contributed by atoms with van der Waals surface area (Å²) in [5.41, 5.74) is -1.23. The monoisotopic (exact) mass is 291 g/mol. The number of amides is 1. The fourth-order valence-electron chi connectivity index (χ4n) is 3.17. The number of nitrogens with zero attached hydrogens (tertiary/aromatic N) is 2. The van der Waals surface area contributed by atoms with Crippen LogP contribution in [0.1, 0.15) is 25.3 Å². The first-order valence-electron chi connectivity index (χ1n) is 7.00. The van der Waals surface area contributed by atoms with E-state index in [9.17, 15) is 20.0 Å². The molecule has 1 saturated heterocycles. The van der Waals surface area contributed by atoms with Crippen molar-refractivity contribution >= 4 is 17.3 Å². The lowest BCUT2D eigenvalue weighted by molar-refractivity contribution is -0.385. The number of fused-ring (bicyclic) bond motifs is 1. The molecule has 0 bridgehead atoms. The van der Waals surface area contributed by atoms with Crippen molar-refractivity contribution in [3.63, 3.8) is 0 Å². The molecule has 0 saturated carbocycles. The quantitative estimate of drug-likeness (QED) is 0.634. The minimum absolute atomic E-state index is 0.131. The van der Waals surface area contributed by atoms with Crippen molar-refractivity contribution in [2.75, 3.05) is 18.4 Å². The van der Waals surface area contributed by atoms with Crippen LogP contribution in [0, 0.1) is 16.0 Å². The van der Waals surface area contributed by atoms with Gasteiger partial charge in [-0.3, -0.25) is 19.8 Å². The number of rotatable bonds is 2. The molecule has 7 heteroatoms. The lowest BCUT2D eigenvalue weighted by Gasteiger charge is -2.39. The van der Waals surface area contributed by atoms with Gasteiger partial charge < -0.3 is 10.4 Å². The third-order valence-electron chi connectivity index (χ3n) is 4.27. The van der Waals surface area contributed by atoms with E-state index in [1.54, 1.807) is 4.90 Å². The fourth-order valence-corrected chi connectivity index (χ4v) is 3.17. The molecule has 0 aliphatic carbocycles. The van der Waals surface area contributed by atoms with Crippen molar-refractivity contribution in [1.29, 1.82) is 0 Å². The Kier molecular flexibility index (Phi) is 3.18. The van der Waals surface area contributed by atoms with Gasteiger partial charge in [-0.1, -0.05) is 6.92 Å². The predicted molar refractivity (Wildman–Crippen MR) is 75.6 cm³/mol. The highest BCUT2D eigenvalue weighted by atomic mass is 16.6. The molecular formula is C14H17N3O4. The molecule has 7 nitrogen and oxygen atoms in total. The van der Waals surface area contributed by atoms with Gasteiger partial charge in [-0.2, -0.15) is 0 Å². The summed E-state index contributed by atoms with van der Waals surface area (Å²) in [4.78, 5) is 24.4. The zero-order valence-corrected chi connectivity index (χ0v) is 11.7. The number of likely N-dealkylation sites (tertiary alicyclic amines) is 1. The van der Waals surface area contributed by atoms with Crippen LogP contribution < -0.4 is 5.32 Å². The summed E-state index contributed by atoms with van der Waals surface area (Å²) >= 11 is 0. The molecule has 0 spiro atoms. The van der Waals surface area contributed by atoms with E-state index in [-0.39, 0.29) is 11.3 Å². The molecule has 2 N–H and O–H groups in total. The van der Waals surface area contributed by atoms with Crippen LogP contribution in [0.3, 0.4) is 0 Å². The van der Waals surface area contributed by atoms with Gasteiger partial charge in [0, 0.05) is 36.5 Å². The Balaban J connectivity index is 2.05. The maximum atomic E-state index is 12.3. The van der Waals surface area contributed by atoms with Crippen LogP contribution in [0.15, 0.2) is 18.2 Å². The summed E-state index contributed by atoms with van der Waals surface area (Å²) in [6, 6.07) is 4.08. The number of nitro groups is 1. The third kappa shape index (κ3) is 2.09. The molecule has 0 unspecified atom stereocenters. The number of hydrogen-bond acceptors (Lipinski definition) is 5. The number of benzene rings is 1. The van der Waals surface area contributed by atoms with Crippen LogP contribution in [-0.2, 0) is 10.5 Å². The molecule has 1 amide bonds. The van der Waals surface area contributed by atoms with E-state index >= 15 is 0 Å². The second-order valence-corrected chi connectivity index (χ2v) is 5.81. The topological polar surface area (TPSA) is 95.7 Å². The average Bonchev–Trinajstić information content (AvgIpc) is 2.71. The Hall–Kier alpha value is -1.99. The minimum Gasteiger partial charge on any atom is -0.364 e. The van der Waals surface area contributed by atoms with Gasteiger partial charge in [-0.25, -0.2) is 0 Å². The number of anilines is 1. The maximum Gasteiger partial charge on any atom is 0.276 e. The first-order valence-corrected chi connectivity index (χ1v) is 7.00. The molecule has 2 heterocycles. The van der Waals surface area contributed by atoms with Gasteiger partial charge in [0.2, 0.25) is 5.72 Å². The Morgan fingerprint density at radius 3 is 2.95 bits per heavy atom. The summed E-state index contributed by atoms with van der Waals surface area (Å²) < 4.78 is 0. The van der Waals surface area contributed by atoms with E-state index < -0.39 is 16.6 Å². The molecule has 112 valence electrons. The Morgan fingerprint density at radius 2 is 2.29 bits per heavy atom. The molecule has 2 atom stereocenters. The summed E-state index contributed by atoms with van der Waals surface area (Å²) in [6.45, 7) is 3.25. The Bertz CT molecular complexity index is 618. The number of carbonyl (C=O) groups excluding carboxylic acids is 1. The van der Waals surface area contributed by atoms with Gasteiger partial charge in [-0.05, 0) is 24.8 Å². The predicted octanol–water partition coefficient (Wildman–Crippen LogP) is 1.42. The first kappa shape index (κ1) is 14.0. The normalized spacial score (nSPS) is 29.0. The second kappa shape index (κ2) is 4.78. The van der Waals surface area contributed by atoms with Crippen LogP contribution in [0.25, 0.3) is 0 Å². The number of piperidine rings is 1. The van der Waals surface area contributed by atoms with Crippen molar-refractivity contribution in [3.05, 3.63) is 33.9 Å². The molecule has 3 rings (SSSR count). The minimum atomic E-state index is -1.81. The van der Waals surface area contributed by atoms with Gasteiger partial charge in [0.05, 0.1) is 4.92 Å². The summed E-state index contributed by atoms with van der Waals surface area (Å²) in [7, 11) is 0. The smallest absolute Gasteiger partial charge is 0.276 e. The van der Waals surface area contributed by atoms with Crippen LogP contribution in [0.5, 0.6) is 0 Å². The molecule has 2 aliphatic rings. The SMILES string of the molecule is C[C@@H]1CCCN([C@]2(O)C(=O)Nc3ccc([N+](=O)[O-])cc32)C1. The molecule has 1 aromatic carbocycles. The highest BCUT2D eigenvalue weighted by Crippen LogP contribution is 2.41. The van der Waals surface area contributed by atoms with Crippen LogP contribution in [0.2, 0.25) is 0 Å². The van der Waals surface area contributed by atoms with E-state index in [1.807, 2.05) is 0 Å². The summed E-state index contributed by atoms with van der Waals surface area (Å²) in [5.74, 6) is -0.162. The first-order chi connectivity index (χ1) is 9.92. The maximum absolute atomic E-state index is 12.3. The molecule has 21 heavy (non-hydrogen) atoms. The van der Waals surface area contributed by atoms with Crippen molar-refractivity contribution in [2.45, 2.75) is 25.5 Å². The van der Waals surface area contributed by atoms with Crippen molar-refractivity contribution in [1.82, 2.24) is 4.90 Å². The summed E-state index contributed by atoms with van der Waals surface area (Å²) in [5, 5.41) is 24.5. The van der Waals surface area contributed by atoms with Gasteiger partial charge in [-0.15, -0.1) is 0 Å². The van der Waals surface area contributed by atoms with Gasteiger partial charge in [0.1, 0.15) is 0 Å². The van der Waals surface area contributed by atoms with Crippen LogP contribution in [-0.4, -0.2) is 33.9 Å². The van der Waals surface area contributed by atoms with Gasteiger partial charge in [0.15, 0.2) is 0 Å². The van der Waals surface area contributed by atoms with E-state index in [0.29, 0.717) is 24.7 Å². The standard InChI is InChI=1S/C14H17N3O4/c1-9-3-2-6-16(8-9)14(19)11-7-10(17(20)21)4-5-12(11)15-13(14)18/h4-5,7,9,19H,2-3,6,8H2,1H3,(H,15,18)/t9-,14-/m1/s1. The largest absolute Gasteiger partial charge is 0.364 e. The number of aliphatic hydroxyl groups is 1. The Labute approximate surface area is 121 Å². The number of carbonyl (C=O) groups is 1. The molecule has 0 radical (unpaired) electrons. The molecule has 0 aromatic heterocycles. The number of non-ortho nitro benzene ring substituents is 1. The lowest BCUT2D eigenvalue weighted by atomic mass is 9.94. The molecule has 1 fully saturated rings. The fraction of sp³-hybridized carbons (Fsp3) is 0.500. The van der Waals surface area contributed by atoms with Gasteiger partial charge in [0.25, 0.3) is 11.6 Å². The molecular weight excluding hydrogens is 274 g/mol. The molecule has 2 aliphatic heterocycles.